The summed E-state index contributed by atoms with van der Waals surface area (Å²) in [7, 11) is 0. The average molecular weight is 254 g/mol. The van der Waals surface area contributed by atoms with Gasteiger partial charge < -0.3 is 0 Å². The molecule has 0 radical (unpaired) electrons. The molecule has 0 saturated heterocycles. The number of nitriles is 1. The van der Waals surface area contributed by atoms with Gasteiger partial charge in [-0.15, -0.1) is 0 Å². The molecule has 1 saturated carbocycles. The van der Waals surface area contributed by atoms with Crippen LogP contribution in [0.25, 0.3) is 0 Å². The van der Waals surface area contributed by atoms with E-state index in [1.54, 1.807) is 6.07 Å². The first-order valence-electron chi connectivity index (χ1n) is 5.80. The molecule has 96 valence electrons. The zero-order chi connectivity index (χ0) is 13.2. The summed E-state index contributed by atoms with van der Waals surface area (Å²) in [6.07, 6.45) is -2.32. The number of nitrogens with zero attached hydrogens (tertiary/aromatic N) is 1. The van der Waals surface area contributed by atoms with E-state index in [1.165, 1.54) is 12.1 Å². The van der Waals surface area contributed by atoms with E-state index in [2.05, 4.69) is 5.32 Å². The average Bonchev–Trinajstić information content (AvgIpc) is 3.13. The topological polar surface area (TPSA) is 35.8 Å². The molecule has 2 nitrogen and oxygen atoms in total. The van der Waals surface area contributed by atoms with Crippen LogP contribution in [-0.4, -0.2) is 6.54 Å². The molecule has 0 spiro atoms. The molecule has 1 aliphatic carbocycles. The van der Waals surface area contributed by atoms with Crippen molar-refractivity contribution in [3.63, 3.8) is 0 Å². The molecule has 1 aromatic rings. The Hall–Kier alpha value is -1.54. The molecule has 0 amide bonds. The van der Waals surface area contributed by atoms with Gasteiger partial charge in [0.2, 0.25) is 0 Å². The van der Waals surface area contributed by atoms with Gasteiger partial charge in [-0.1, -0.05) is 12.1 Å². The van der Waals surface area contributed by atoms with Crippen molar-refractivity contribution in [1.29, 1.82) is 5.26 Å². The van der Waals surface area contributed by atoms with Gasteiger partial charge in [-0.2, -0.15) is 18.4 Å². The minimum absolute atomic E-state index is 0.146. The van der Waals surface area contributed by atoms with E-state index in [4.69, 9.17) is 5.26 Å². The van der Waals surface area contributed by atoms with Gasteiger partial charge in [0, 0.05) is 6.04 Å². The molecule has 1 aliphatic rings. The van der Waals surface area contributed by atoms with Gasteiger partial charge in [0.15, 0.2) is 0 Å². The molecule has 0 aromatic heterocycles. The van der Waals surface area contributed by atoms with Crippen LogP contribution in [0.15, 0.2) is 24.3 Å². The highest BCUT2D eigenvalue weighted by atomic mass is 19.4. The van der Waals surface area contributed by atoms with E-state index in [0.717, 1.165) is 18.9 Å². The first kappa shape index (κ1) is 12.9. The number of halogens is 3. The second-order valence-electron chi connectivity index (χ2n) is 4.48. The molecule has 0 aliphatic heterocycles. The van der Waals surface area contributed by atoms with Gasteiger partial charge in [-0.3, -0.25) is 5.32 Å². The number of benzene rings is 1. The Morgan fingerprint density at radius 2 is 2.11 bits per heavy atom. The summed E-state index contributed by atoms with van der Waals surface area (Å²) < 4.78 is 37.9. The van der Waals surface area contributed by atoms with Crippen molar-refractivity contribution >= 4 is 0 Å². The lowest BCUT2D eigenvalue weighted by molar-refractivity contribution is -0.137. The SMILES string of the molecule is N#CCN[C@@H](c1cccc(C(F)(F)F)c1)C1CC1. The lowest BCUT2D eigenvalue weighted by Crippen LogP contribution is -2.23. The van der Waals surface area contributed by atoms with Crippen LogP contribution in [0.3, 0.4) is 0 Å². The normalized spacial score (nSPS) is 17.2. The van der Waals surface area contributed by atoms with Crippen LogP contribution in [0.5, 0.6) is 0 Å². The molecule has 2 rings (SSSR count). The van der Waals surface area contributed by atoms with Crippen LogP contribution in [0.1, 0.15) is 30.0 Å². The van der Waals surface area contributed by atoms with E-state index in [1.807, 2.05) is 6.07 Å². The lowest BCUT2D eigenvalue weighted by Gasteiger charge is -2.18. The van der Waals surface area contributed by atoms with Crippen molar-refractivity contribution in [1.82, 2.24) is 5.32 Å². The molecule has 1 N–H and O–H groups in total. The number of alkyl halides is 3. The molecular formula is C13H13F3N2. The van der Waals surface area contributed by atoms with E-state index in [0.29, 0.717) is 11.5 Å². The minimum Gasteiger partial charge on any atom is -0.297 e. The maximum Gasteiger partial charge on any atom is 0.416 e. The molecule has 0 unspecified atom stereocenters. The summed E-state index contributed by atoms with van der Waals surface area (Å²) in [6, 6.07) is 7.16. The number of rotatable bonds is 4. The van der Waals surface area contributed by atoms with Crippen LogP contribution in [-0.2, 0) is 6.18 Å². The van der Waals surface area contributed by atoms with Gasteiger partial charge in [0.05, 0.1) is 18.2 Å². The molecule has 5 heteroatoms. The van der Waals surface area contributed by atoms with Crippen molar-refractivity contribution in [2.75, 3.05) is 6.54 Å². The second kappa shape index (κ2) is 4.99. The number of hydrogen-bond donors (Lipinski definition) is 1. The summed E-state index contributed by atoms with van der Waals surface area (Å²) in [5, 5.41) is 11.6. The largest absolute Gasteiger partial charge is 0.416 e. The van der Waals surface area contributed by atoms with Crippen LogP contribution in [0.4, 0.5) is 13.2 Å². The molecule has 1 aromatic carbocycles. The van der Waals surface area contributed by atoms with Gasteiger partial charge >= 0.3 is 6.18 Å². The monoisotopic (exact) mass is 254 g/mol. The molecule has 0 bridgehead atoms. The minimum atomic E-state index is -4.32. The summed E-state index contributed by atoms with van der Waals surface area (Å²) >= 11 is 0. The van der Waals surface area contributed by atoms with Crippen LogP contribution < -0.4 is 5.32 Å². The Morgan fingerprint density at radius 1 is 1.39 bits per heavy atom. The highest BCUT2D eigenvalue weighted by molar-refractivity contribution is 5.29. The quantitative estimate of drug-likeness (QED) is 0.837. The van der Waals surface area contributed by atoms with E-state index < -0.39 is 11.7 Å². The third-order valence-electron chi connectivity index (χ3n) is 3.07. The predicted molar refractivity (Wildman–Crippen MR) is 60.5 cm³/mol. The fraction of sp³-hybridized carbons (Fsp3) is 0.462. The highest BCUT2D eigenvalue weighted by Crippen LogP contribution is 2.42. The lowest BCUT2D eigenvalue weighted by atomic mass is 10.00. The van der Waals surface area contributed by atoms with E-state index in [9.17, 15) is 13.2 Å². The Morgan fingerprint density at radius 3 is 2.67 bits per heavy atom. The van der Waals surface area contributed by atoms with Crippen LogP contribution in [0, 0.1) is 17.2 Å². The molecule has 0 heterocycles. The second-order valence-corrected chi connectivity index (χ2v) is 4.48. The van der Waals surface area contributed by atoms with Crippen molar-refractivity contribution in [2.24, 2.45) is 5.92 Å². The third kappa shape index (κ3) is 3.02. The smallest absolute Gasteiger partial charge is 0.297 e. The maximum absolute atomic E-state index is 12.6. The standard InChI is InChI=1S/C13H13F3N2/c14-13(15,16)11-3-1-2-10(8-11)12(9-4-5-9)18-7-6-17/h1-3,8-9,12,18H,4-5,7H2/t12-/m1/s1. The summed E-state index contributed by atoms with van der Waals surface area (Å²) in [6.45, 7) is 0.150. The fourth-order valence-electron chi connectivity index (χ4n) is 2.05. The van der Waals surface area contributed by atoms with Crippen molar-refractivity contribution in [3.8, 4) is 6.07 Å². The van der Waals surface area contributed by atoms with Gasteiger partial charge in [0.1, 0.15) is 0 Å². The predicted octanol–water partition coefficient (Wildman–Crippen LogP) is 3.27. The Balaban J connectivity index is 2.22. The highest BCUT2D eigenvalue weighted by Gasteiger charge is 2.34. The zero-order valence-electron chi connectivity index (χ0n) is 9.67. The van der Waals surface area contributed by atoms with Gasteiger partial charge in [-0.25, -0.2) is 0 Å². The van der Waals surface area contributed by atoms with Crippen molar-refractivity contribution in [3.05, 3.63) is 35.4 Å². The fourth-order valence-corrected chi connectivity index (χ4v) is 2.05. The van der Waals surface area contributed by atoms with Gasteiger partial charge in [0.25, 0.3) is 0 Å². The van der Waals surface area contributed by atoms with E-state index in [-0.39, 0.29) is 12.6 Å². The zero-order valence-corrected chi connectivity index (χ0v) is 9.67. The summed E-state index contributed by atoms with van der Waals surface area (Å²) in [4.78, 5) is 0. The van der Waals surface area contributed by atoms with Crippen LogP contribution in [0.2, 0.25) is 0 Å². The summed E-state index contributed by atoms with van der Waals surface area (Å²) in [5.41, 5.74) is -0.0213. The molecular weight excluding hydrogens is 241 g/mol. The van der Waals surface area contributed by atoms with Gasteiger partial charge in [-0.05, 0) is 36.5 Å². The first-order valence-corrected chi connectivity index (χ1v) is 5.80. The number of hydrogen-bond acceptors (Lipinski definition) is 2. The Bertz CT molecular complexity index is 458. The maximum atomic E-state index is 12.6. The first-order chi connectivity index (χ1) is 8.52. The number of nitrogens with one attached hydrogen (secondary N) is 1. The summed E-state index contributed by atoms with van der Waals surface area (Å²) in [5.74, 6) is 0.349. The molecule has 1 atom stereocenters. The third-order valence-corrected chi connectivity index (χ3v) is 3.07. The molecule has 18 heavy (non-hydrogen) atoms. The van der Waals surface area contributed by atoms with Crippen molar-refractivity contribution < 1.29 is 13.2 Å². The Kier molecular flexibility index (Phi) is 3.58. The van der Waals surface area contributed by atoms with Crippen molar-refractivity contribution in [2.45, 2.75) is 25.1 Å². The van der Waals surface area contributed by atoms with Crippen LogP contribution >= 0.6 is 0 Å². The Labute approximate surface area is 103 Å². The molecule has 1 fully saturated rings. The van der Waals surface area contributed by atoms with E-state index >= 15 is 0 Å².